The van der Waals surface area contributed by atoms with Crippen LogP contribution in [-0.2, 0) is 24.8 Å². The number of hydrogen-bond donors (Lipinski definition) is 2. The van der Waals surface area contributed by atoms with E-state index in [4.69, 9.17) is 5.73 Å². The number of hydrogen-bond acceptors (Lipinski definition) is 3. The Morgan fingerprint density at radius 3 is 2.78 bits per heavy atom. The Morgan fingerprint density at radius 2 is 2.04 bits per heavy atom. The molecule has 0 aliphatic carbocycles. The molecule has 2 aromatic heterocycles. The van der Waals surface area contributed by atoms with Crippen LogP contribution in [-0.4, -0.2) is 21.5 Å². The van der Waals surface area contributed by atoms with Crippen molar-refractivity contribution < 1.29 is 4.79 Å². The lowest BCUT2D eigenvalue weighted by Gasteiger charge is -2.14. The fraction of sp³-hybridized carbons (Fsp3) is 0.222. The highest BCUT2D eigenvalue weighted by molar-refractivity contribution is 5.86. The number of fused-ring (bicyclic) bond motifs is 1. The fourth-order valence-corrected chi connectivity index (χ4v) is 2.81. The summed E-state index contributed by atoms with van der Waals surface area (Å²) in [5.41, 5.74) is 8.72. The second-order valence-corrected chi connectivity index (χ2v) is 5.64. The monoisotopic (exact) mass is 308 g/mol. The van der Waals surface area contributed by atoms with Gasteiger partial charge in [0.2, 0.25) is 5.91 Å². The van der Waals surface area contributed by atoms with E-state index in [1.54, 1.807) is 6.20 Å². The number of rotatable bonds is 6. The predicted octanol–water partition coefficient (Wildman–Crippen LogP) is 1.76. The molecule has 0 spiro atoms. The van der Waals surface area contributed by atoms with E-state index < -0.39 is 6.04 Å². The van der Waals surface area contributed by atoms with Gasteiger partial charge in [0, 0.05) is 36.9 Å². The number of aromatic nitrogens is 2. The van der Waals surface area contributed by atoms with E-state index in [-0.39, 0.29) is 5.91 Å². The quantitative estimate of drug-likeness (QED) is 0.729. The molecule has 118 valence electrons. The molecule has 3 rings (SSSR count). The number of benzene rings is 1. The zero-order chi connectivity index (χ0) is 16.2. The summed E-state index contributed by atoms with van der Waals surface area (Å²) in [4.78, 5) is 16.1. The van der Waals surface area contributed by atoms with Gasteiger partial charge in [-0.25, -0.2) is 0 Å². The summed E-state index contributed by atoms with van der Waals surface area (Å²) in [7, 11) is 2.01. The molecule has 23 heavy (non-hydrogen) atoms. The maximum Gasteiger partial charge on any atom is 0.234 e. The molecule has 0 aliphatic rings. The van der Waals surface area contributed by atoms with E-state index >= 15 is 0 Å². The zero-order valence-corrected chi connectivity index (χ0v) is 13.1. The number of nitrogens with two attached hydrogens (primary N) is 1. The lowest BCUT2D eigenvalue weighted by atomic mass is 10.0. The molecular formula is C18H20N4O. The topological polar surface area (TPSA) is 72.9 Å². The lowest BCUT2D eigenvalue weighted by molar-refractivity contribution is -0.120. The minimum absolute atomic E-state index is 0.353. The standard InChI is InChI=1S/C18H20N4O/c1-22-12-13(15-7-2-3-8-17(15)22)10-16(18(19)23)21-11-14-6-4-5-9-20-14/h2-9,12,16,21H,10-11H2,1H3,(H2,19,23). The van der Waals surface area contributed by atoms with Gasteiger partial charge in [-0.2, -0.15) is 0 Å². The van der Waals surface area contributed by atoms with Gasteiger partial charge in [0.1, 0.15) is 0 Å². The average molecular weight is 308 g/mol. The minimum atomic E-state index is -0.428. The van der Waals surface area contributed by atoms with Crippen LogP contribution < -0.4 is 11.1 Å². The van der Waals surface area contributed by atoms with Crippen molar-refractivity contribution in [1.29, 1.82) is 0 Å². The predicted molar refractivity (Wildman–Crippen MR) is 90.7 cm³/mol. The van der Waals surface area contributed by atoms with Crippen molar-refractivity contribution in [3.8, 4) is 0 Å². The smallest absolute Gasteiger partial charge is 0.234 e. The van der Waals surface area contributed by atoms with Crippen LogP contribution >= 0.6 is 0 Å². The van der Waals surface area contributed by atoms with Gasteiger partial charge in [-0.05, 0) is 30.2 Å². The van der Waals surface area contributed by atoms with E-state index in [0.717, 1.165) is 22.2 Å². The Labute approximate surface area is 135 Å². The number of carbonyl (C=O) groups is 1. The summed E-state index contributed by atoms with van der Waals surface area (Å²) in [5, 5.41) is 4.37. The first-order valence-corrected chi connectivity index (χ1v) is 7.60. The number of para-hydroxylation sites is 1. The summed E-state index contributed by atoms with van der Waals surface area (Å²) in [6.45, 7) is 0.513. The van der Waals surface area contributed by atoms with Crippen LogP contribution in [0.25, 0.3) is 10.9 Å². The molecule has 0 bridgehead atoms. The average Bonchev–Trinajstić information content (AvgIpc) is 2.88. The van der Waals surface area contributed by atoms with Gasteiger partial charge < -0.3 is 10.3 Å². The molecule has 5 heteroatoms. The Bertz CT molecular complexity index is 810. The first-order chi connectivity index (χ1) is 11.1. The second kappa shape index (κ2) is 6.62. The van der Waals surface area contributed by atoms with Crippen molar-refractivity contribution in [2.24, 2.45) is 12.8 Å². The molecule has 1 atom stereocenters. The van der Waals surface area contributed by atoms with E-state index in [1.165, 1.54) is 0 Å². The first-order valence-electron chi connectivity index (χ1n) is 7.60. The third-order valence-corrected chi connectivity index (χ3v) is 4.00. The summed E-state index contributed by atoms with van der Waals surface area (Å²) in [5.74, 6) is -0.353. The van der Waals surface area contributed by atoms with Crippen molar-refractivity contribution in [2.75, 3.05) is 0 Å². The maximum absolute atomic E-state index is 11.8. The molecule has 0 saturated carbocycles. The fourth-order valence-electron chi connectivity index (χ4n) is 2.81. The Kier molecular flexibility index (Phi) is 4.39. The van der Waals surface area contributed by atoms with E-state index in [0.29, 0.717) is 13.0 Å². The number of primary amides is 1. The maximum atomic E-state index is 11.8. The first kappa shape index (κ1) is 15.2. The van der Waals surface area contributed by atoms with Crippen LogP contribution in [0.1, 0.15) is 11.3 Å². The van der Waals surface area contributed by atoms with Crippen LogP contribution in [0.15, 0.2) is 54.9 Å². The van der Waals surface area contributed by atoms with Crippen LogP contribution in [0.5, 0.6) is 0 Å². The van der Waals surface area contributed by atoms with Gasteiger partial charge in [0.25, 0.3) is 0 Å². The SMILES string of the molecule is Cn1cc(CC(NCc2ccccn2)C(N)=O)c2ccccc21. The summed E-state index contributed by atoms with van der Waals surface area (Å²) in [6, 6.07) is 13.4. The molecule has 1 amide bonds. The van der Waals surface area contributed by atoms with Crippen LogP contribution in [0.2, 0.25) is 0 Å². The molecule has 0 aliphatic heterocycles. The number of amides is 1. The second-order valence-electron chi connectivity index (χ2n) is 5.64. The number of carbonyl (C=O) groups excluding carboxylic acids is 1. The highest BCUT2D eigenvalue weighted by Gasteiger charge is 2.18. The van der Waals surface area contributed by atoms with Gasteiger partial charge in [-0.15, -0.1) is 0 Å². The molecule has 2 heterocycles. The number of aryl methyl sites for hydroxylation is 1. The molecule has 0 radical (unpaired) electrons. The van der Waals surface area contributed by atoms with Gasteiger partial charge >= 0.3 is 0 Å². The van der Waals surface area contributed by atoms with Crippen molar-refractivity contribution in [3.63, 3.8) is 0 Å². The lowest BCUT2D eigenvalue weighted by Crippen LogP contribution is -2.42. The molecule has 5 nitrogen and oxygen atoms in total. The molecule has 3 aromatic rings. The van der Waals surface area contributed by atoms with Crippen LogP contribution in [0.4, 0.5) is 0 Å². The highest BCUT2D eigenvalue weighted by Crippen LogP contribution is 2.21. The molecule has 1 aromatic carbocycles. The van der Waals surface area contributed by atoms with Crippen molar-refractivity contribution in [2.45, 2.75) is 19.0 Å². The molecule has 1 unspecified atom stereocenters. The van der Waals surface area contributed by atoms with Crippen molar-refractivity contribution in [3.05, 3.63) is 66.1 Å². The van der Waals surface area contributed by atoms with Gasteiger partial charge in [0.05, 0.1) is 11.7 Å². The normalized spacial score (nSPS) is 12.4. The zero-order valence-electron chi connectivity index (χ0n) is 13.1. The highest BCUT2D eigenvalue weighted by atomic mass is 16.1. The summed E-state index contributed by atoms with van der Waals surface area (Å²) in [6.07, 6.45) is 4.35. The molecular weight excluding hydrogens is 288 g/mol. The van der Waals surface area contributed by atoms with Crippen LogP contribution in [0.3, 0.4) is 0 Å². The van der Waals surface area contributed by atoms with Crippen LogP contribution in [0, 0.1) is 0 Å². The Hall–Kier alpha value is -2.66. The summed E-state index contributed by atoms with van der Waals surface area (Å²) < 4.78 is 2.07. The third kappa shape index (κ3) is 3.40. The molecule has 0 saturated heterocycles. The van der Waals surface area contributed by atoms with E-state index in [2.05, 4.69) is 33.2 Å². The largest absolute Gasteiger partial charge is 0.368 e. The van der Waals surface area contributed by atoms with E-state index in [9.17, 15) is 4.79 Å². The minimum Gasteiger partial charge on any atom is -0.368 e. The number of nitrogens with zero attached hydrogens (tertiary/aromatic N) is 2. The molecule has 0 fully saturated rings. The summed E-state index contributed by atoms with van der Waals surface area (Å²) >= 11 is 0. The van der Waals surface area contributed by atoms with Crippen molar-refractivity contribution >= 4 is 16.8 Å². The number of pyridine rings is 1. The van der Waals surface area contributed by atoms with Gasteiger partial charge in [-0.1, -0.05) is 24.3 Å². The number of nitrogens with one attached hydrogen (secondary N) is 1. The molecule has 3 N–H and O–H groups in total. The Morgan fingerprint density at radius 1 is 1.26 bits per heavy atom. The Balaban J connectivity index is 1.78. The van der Waals surface area contributed by atoms with E-state index in [1.807, 2.05) is 37.4 Å². The van der Waals surface area contributed by atoms with Gasteiger partial charge in [0.15, 0.2) is 0 Å². The van der Waals surface area contributed by atoms with Gasteiger partial charge in [-0.3, -0.25) is 15.1 Å². The van der Waals surface area contributed by atoms with Crippen molar-refractivity contribution in [1.82, 2.24) is 14.9 Å². The third-order valence-electron chi connectivity index (χ3n) is 4.00.